The van der Waals surface area contributed by atoms with Crippen molar-refractivity contribution in [1.82, 2.24) is 4.90 Å². The van der Waals surface area contributed by atoms with Crippen LogP contribution in [0.3, 0.4) is 0 Å². The summed E-state index contributed by atoms with van der Waals surface area (Å²) in [7, 11) is 0. The Balaban J connectivity index is 1.85. The third-order valence-electron chi connectivity index (χ3n) is 3.73. The van der Waals surface area contributed by atoms with E-state index in [1.165, 1.54) is 37.0 Å². The molecule has 1 aromatic rings. The zero-order valence-electron chi connectivity index (χ0n) is 11.1. The highest BCUT2D eigenvalue weighted by atomic mass is 35.5. The molecule has 0 saturated carbocycles. The predicted molar refractivity (Wildman–Crippen MR) is 82.7 cm³/mol. The second kappa shape index (κ2) is 7.07. The summed E-state index contributed by atoms with van der Waals surface area (Å²) in [6.45, 7) is 4.74. The van der Waals surface area contributed by atoms with Crippen LogP contribution in [0.15, 0.2) is 6.07 Å². The molecule has 0 bridgehead atoms. The molecule has 0 spiro atoms. The molecule has 1 aliphatic heterocycles. The van der Waals surface area contributed by atoms with E-state index in [4.69, 9.17) is 23.2 Å². The first kappa shape index (κ1) is 15.3. The SMILES string of the molecule is CCCC1CCN(CC(=O)c2cc(Cl)sc2Cl)CC1. The summed E-state index contributed by atoms with van der Waals surface area (Å²) < 4.78 is 1.09. The predicted octanol–water partition coefficient (Wildman–Crippen LogP) is 4.75. The Morgan fingerprint density at radius 1 is 1.42 bits per heavy atom. The fourth-order valence-corrected chi connectivity index (χ4v) is 4.16. The number of ketones is 1. The van der Waals surface area contributed by atoms with Crippen LogP contribution in [-0.2, 0) is 0 Å². The molecule has 0 amide bonds. The molecule has 0 aliphatic carbocycles. The number of piperidine rings is 1. The van der Waals surface area contributed by atoms with Gasteiger partial charge in [-0.1, -0.05) is 43.0 Å². The van der Waals surface area contributed by atoms with Crippen molar-refractivity contribution in [3.05, 3.63) is 20.3 Å². The molecule has 2 heterocycles. The van der Waals surface area contributed by atoms with Gasteiger partial charge < -0.3 is 0 Å². The topological polar surface area (TPSA) is 20.3 Å². The number of halogens is 2. The van der Waals surface area contributed by atoms with Crippen molar-refractivity contribution in [3.63, 3.8) is 0 Å². The Bertz CT molecular complexity index is 439. The molecular weight excluding hydrogens is 301 g/mol. The van der Waals surface area contributed by atoms with E-state index in [0.29, 0.717) is 20.8 Å². The van der Waals surface area contributed by atoms with E-state index in [1.807, 2.05) is 0 Å². The van der Waals surface area contributed by atoms with Gasteiger partial charge in [-0.05, 0) is 37.9 Å². The summed E-state index contributed by atoms with van der Waals surface area (Å²) in [5.41, 5.74) is 0.576. The number of carbonyl (C=O) groups excluding carboxylic acids is 1. The molecule has 19 heavy (non-hydrogen) atoms. The zero-order chi connectivity index (χ0) is 13.8. The largest absolute Gasteiger partial charge is 0.296 e. The van der Waals surface area contributed by atoms with E-state index in [-0.39, 0.29) is 5.78 Å². The minimum Gasteiger partial charge on any atom is -0.296 e. The van der Waals surface area contributed by atoms with Gasteiger partial charge in [-0.15, -0.1) is 11.3 Å². The summed E-state index contributed by atoms with van der Waals surface area (Å²) in [6, 6.07) is 1.68. The fraction of sp³-hybridized carbons (Fsp3) is 0.643. The fourth-order valence-electron chi connectivity index (χ4n) is 2.66. The van der Waals surface area contributed by atoms with Gasteiger partial charge >= 0.3 is 0 Å². The maximum atomic E-state index is 12.2. The van der Waals surface area contributed by atoms with Crippen molar-refractivity contribution in [2.45, 2.75) is 32.6 Å². The van der Waals surface area contributed by atoms with Gasteiger partial charge in [-0.3, -0.25) is 9.69 Å². The normalized spacial score (nSPS) is 17.8. The molecule has 1 aliphatic rings. The number of Topliss-reactive ketones (excluding diaryl/α,β-unsaturated/α-hetero) is 1. The second-order valence-electron chi connectivity index (χ2n) is 5.17. The lowest BCUT2D eigenvalue weighted by Gasteiger charge is -2.31. The van der Waals surface area contributed by atoms with Crippen LogP contribution in [0.25, 0.3) is 0 Å². The van der Waals surface area contributed by atoms with Gasteiger partial charge in [0.25, 0.3) is 0 Å². The first-order valence-corrected chi connectivity index (χ1v) is 8.37. The van der Waals surface area contributed by atoms with E-state index >= 15 is 0 Å². The monoisotopic (exact) mass is 319 g/mol. The van der Waals surface area contributed by atoms with Crippen LogP contribution >= 0.6 is 34.5 Å². The molecule has 5 heteroatoms. The lowest BCUT2D eigenvalue weighted by molar-refractivity contribution is 0.0893. The third-order valence-corrected chi connectivity index (χ3v) is 5.22. The molecule has 0 radical (unpaired) electrons. The van der Waals surface area contributed by atoms with Crippen LogP contribution in [0.2, 0.25) is 8.67 Å². The van der Waals surface area contributed by atoms with E-state index in [0.717, 1.165) is 19.0 Å². The van der Waals surface area contributed by atoms with Crippen LogP contribution < -0.4 is 0 Å². The average Bonchev–Trinajstić information content (AvgIpc) is 2.71. The molecule has 0 atom stereocenters. The minimum atomic E-state index is 0.0853. The first-order valence-electron chi connectivity index (χ1n) is 6.80. The summed E-state index contributed by atoms with van der Waals surface area (Å²) in [5, 5.41) is 0. The smallest absolute Gasteiger partial charge is 0.179 e. The summed E-state index contributed by atoms with van der Waals surface area (Å²) in [6.07, 6.45) is 4.98. The van der Waals surface area contributed by atoms with Crippen molar-refractivity contribution in [2.75, 3.05) is 19.6 Å². The van der Waals surface area contributed by atoms with Gasteiger partial charge in [0.05, 0.1) is 16.4 Å². The summed E-state index contributed by atoms with van der Waals surface area (Å²) >= 11 is 13.1. The maximum Gasteiger partial charge on any atom is 0.179 e. The van der Waals surface area contributed by atoms with Crippen molar-refractivity contribution in [1.29, 1.82) is 0 Å². The second-order valence-corrected chi connectivity index (χ2v) is 7.45. The number of hydrogen-bond donors (Lipinski definition) is 0. The van der Waals surface area contributed by atoms with E-state index in [9.17, 15) is 4.79 Å². The van der Waals surface area contributed by atoms with Crippen LogP contribution in [0.4, 0.5) is 0 Å². The van der Waals surface area contributed by atoms with Gasteiger partial charge in [-0.25, -0.2) is 0 Å². The lowest BCUT2D eigenvalue weighted by Crippen LogP contribution is -2.37. The first-order chi connectivity index (χ1) is 9.10. The number of rotatable bonds is 5. The van der Waals surface area contributed by atoms with Gasteiger partial charge in [0, 0.05) is 0 Å². The van der Waals surface area contributed by atoms with Gasteiger partial charge in [0.1, 0.15) is 4.34 Å². The molecule has 2 rings (SSSR count). The minimum absolute atomic E-state index is 0.0853. The number of likely N-dealkylation sites (tertiary alicyclic amines) is 1. The van der Waals surface area contributed by atoms with Crippen molar-refractivity contribution < 1.29 is 4.79 Å². The van der Waals surface area contributed by atoms with E-state index in [2.05, 4.69) is 11.8 Å². The lowest BCUT2D eigenvalue weighted by atomic mass is 9.92. The van der Waals surface area contributed by atoms with Gasteiger partial charge in [-0.2, -0.15) is 0 Å². The number of carbonyl (C=O) groups is 1. The standard InChI is InChI=1S/C14H19Cl2NOS/c1-2-3-10-4-6-17(7-5-10)9-12(18)11-8-13(15)19-14(11)16/h8,10H,2-7,9H2,1H3. The average molecular weight is 320 g/mol. The summed E-state index contributed by atoms with van der Waals surface area (Å²) in [4.78, 5) is 14.4. The molecule has 2 nitrogen and oxygen atoms in total. The molecule has 1 aromatic heterocycles. The Morgan fingerprint density at radius 2 is 2.11 bits per heavy atom. The van der Waals surface area contributed by atoms with E-state index < -0.39 is 0 Å². The maximum absolute atomic E-state index is 12.2. The molecule has 1 fully saturated rings. The third kappa shape index (κ3) is 4.19. The summed E-state index contributed by atoms with van der Waals surface area (Å²) in [5.74, 6) is 0.928. The van der Waals surface area contributed by atoms with Crippen LogP contribution in [0.5, 0.6) is 0 Å². The number of hydrogen-bond acceptors (Lipinski definition) is 3. The molecular formula is C14H19Cl2NOS. The number of nitrogens with zero attached hydrogens (tertiary/aromatic N) is 1. The highest BCUT2D eigenvalue weighted by Gasteiger charge is 2.22. The highest BCUT2D eigenvalue weighted by molar-refractivity contribution is 7.20. The molecule has 0 aromatic carbocycles. The quantitative estimate of drug-likeness (QED) is 0.730. The molecule has 1 saturated heterocycles. The Morgan fingerprint density at radius 3 is 2.63 bits per heavy atom. The van der Waals surface area contributed by atoms with Crippen LogP contribution in [-0.4, -0.2) is 30.3 Å². The Kier molecular flexibility index (Phi) is 5.70. The molecule has 0 N–H and O–H groups in total. The number of thiophene rings is 1. The van der Waals surface area contributed by atoms with Gasteiger partial charge in [0.15, 0.2) is 5.78 Å². The van der Waals surface area contributed by atoms with Gasteiger partial charge in [0.2, 0.25) is 0 Å². The Labute approximate surface area is 128 Å². The molecule has 106 valence electrons. The zero-order valence-corrected chi connectivity index (χ0v) is 13.5. The van der Waals surface area contributed by atoms with Crippen LogP contribution in [0, 0.1) is 5.92 Å². The molecule has 0 unspecified atom stereocenters. The van der Waals surface area contributed by atoms with Crippen molar-refractivity contribution in [3.8, 4) is 0 Å². The Hall–Kier alpha value is -0.0900. The van der Waals surface area contributed by atoms with Crippen molar-refractivity contribution >= 4 is 40.3 Å². The van der Waals surface area contributed by atoms with Crippen molar-refractivity contribution in [2.24, 2.45) is 5.92 Å². The van der Waals surface area contributed by atoms with E-state index in [1.54, 1.807) is 6.07 Å². The van der Waals surface area contributed by atoms with Crippen LogP contribution in [0.1, 0.15) is 43.0 Å². The highest BCUT2D eigenvalue weighted by Crippen LogP contribution is 2.31.